The van der Waals surface area contributed by atoms with E-state index in [2.05, 4.69) is 15.4 Å². The van der Waals surface area contributed by atoms with Crippen LogP contribution in [0.4, 0.5) is 0 Å². The largest absolute Gasteiger partial charge is 0.470 e. The van der Waals surface area contributed by atoms with Gasteiger partial charge in [-0.3, -0.25) is 9.48 Å². The van der Waals surface area contributed by atoms with E-state index >= 15 is 0 Å². The first-order valence-corrected chi connectivity index (χ1v) is 8.65. The Hall–Kier alpha value is -2.93. The van der Waals surface area contributed by atoms with E-state index in [4.69, 9.17) is 9.47 Å². The van der Waals surface area contributed by atoms with Crippen molar-refractivity contribution < 1.29 is 14.3 Å². The fraction of sp³-hybridized carbons (Fsp3) is 0.316. The van der Waals surface area contributed by atoms with Crippen LogP contribution in [-0.4, -0.2) is 46.0 Å². The van der Waals surface area contributed by atoms with E-state index in [-0.39, 0.29) is 24.6 Å². The van der Waals surface area contributed by atoms with Crippen molar-refractivity contribution in [3.8, 4) is 5.88 Å². The molecule has 1 amide bonds. The Morgan fingerprint density at radius 3 is 3.00 bits per heavy atom. The molecule has 1 aliphatic heterocycles. The summed E-state index contributed by atoms with van der Waals surface area (Å²) in [5.74, 6) is 0.430. The summed E-state index contributed by atoms with van der Waals surface area (Å²) in [6, 6.07) is 13.2. The molecule has 0 saturated carbocycles. The van der Waals surface area contributed by atoms with Crippen LogP contribution >= 0.6 is 0 Å². The van der Waals surface area contributed by atoms with Crippen LogP contribution in [-0.2, 0) is 16.1 Å². The van der Waals surface area contributed by atoms with E-state index in [0.717, 1.165) is 10.9 Å². The third-order valence-corrected chi connectivity index (χ3v) is 4.33. The van der Waals surface area contributed by atoms with Crippen LogP contribution in [0.15, 0.2) is 54.9 Å². The molecule has 134 valence electrons. The van der Waals surface area contributed by atoms with Gasteiger partial charge >= 0.3 is 0 Å². The van der Waals surface area contributed by atoms with Crippen molar-refractivity contribution in [2.75, 3.05) is 13.2 Å². The van der Waals surface area contributed by atoms with Crippen molar-refractivity contribution >= 4 is 16.8 Å². The Bertz CT molecular complexity index is 848. The highest BCUT2D eigenvalue weighted by molar-refractivity contribution is 5.80. The standard InChI is InChI=1S/C19H20N4O3/c24-18(12-23-11-14-5-1-2-6-15(14)22-23)21-16-8-10-25-13-17(16)26-19-7-3-4-9-20-19/h1-7,9,11,16-17H,8,10,12-13H2,(H,21,24)/t16-,17-/m0/s1. The van der Waals surface area contributed by atoms with Crippen LogP contribution in [0.2, 0.25) is 0 Å². The summed E-state index contributed by atoms with van der Waals surface area (Å²) in [7, 11) is 0. The van der Waals surface area contributed by atoms with Gasteiger partial charge in [-0.05, 0) is 18.6 Å². The minimum absolute atomic E-state index is 0.0978. The Morgan fingerprint density at radius 1 is 1.27 bits per heavy atom. The molecule has 0 unspecified atom stereocenters. The summed E-state index contributed by atoms with van der Waals surface area (Å²) in [5.41, 5.74) is 0.878. The predicted octanol–water partition coefficient (Wildman–Crippen LogP) is 1.78. The topological polar surface area (TPSA) is 78.3 Å². The summed E-state index contributed by atoms with van der Waals surface area (Å²) in [6.45, 7) is 1.19. The third-order valence-electron chi connectivity index (χ3n) is 4.33. The van der Waals surface area contributed by atoms with Crippen LogP contribution in [0.3, 0.4) is 0 Å². The van der Waals surface area contributed by atoms with Crippen molar-refractivity contribution in [2.45, 2.75) is 25.1 Å². The second kappa shape index (κ2) is 7.53. The van der Waals surface area contributed by atoms with E-state index in [1.165, 1.54) is 0 Å². The molecule has 1 aromatic carbocycles. The Labute approximate surface area is 150 Å². The fourth-order valence-corrected chi connectivity index (χ4v) is 3.06. The second-order valence-electron chi connectivity index (χ2n) is 6.25. The molecule has 2 aromatic heterocycles. The summed E-state index contributed by atoms with van der Waals surface area (Å²) in [4.78, 5) is 16.6. The van der Waals surface area contributed by atoms with Gasteiger partial charge in [-0.25, -0.2) is 4.98 Å². The molecule has 0 radical (unpaired) electrons. The van der Waals surface area contributed by atoms with Crippen LogP contribution in [0.25, 0.3) is 10.9 Å². The molecule has 1 saturated heterocycles. The zero-order chi connectivity index (χ0) is 17.8. The quantitative estimate of drug-likeness (QED) is 0.757. The van der Waals surface area contributed by atoms with E-state index in [1.807, 2.05) is 42.6 Å². The number of nitrogens with one attached hydrogen (secondary N) is 1. The van der Waals surface area contributed by atoms with Crippen molar-refractivity contribution in [1.29, 1.82) is 0 Å². The molecule has 26 heavy (non-hydrogen) atoms. The highest BCUT2D eigenvalue weighted by Gasteiger charge is 2.29. The third kappa shape index (κ3) is 3.83. The number of ether oxygens (including phenoxy) is 2. The average molecular weight is 352 g/mol. The predicted molar refractivity (Wildman–Crippen MR) is 95.8 cm³/mol. The maximum atomic E-state index is 12.5. The molecule has 2 atom stereocenters. The molecule has 1 fully saturated rings. The summed E-state index contributed by atoms with van der Waals surface area (Å²) in [5, 5.41) is 8.49. The molecule has 4 rings (SSSR count). The summed E-state index contributed by atoms with van der Waals surface area (Å²) < 4.78 is 13.1. The number of rotatable bonds is 5. The van der Waals surface area contributed by atoms with Crippen LogP contribution in [0, 0.1) is 0 Å². The number of amides is 1. The van der Waals surface area contributed by atoms with Gasteiger partial charge in [0.25, 0.3) is 0 Å². The number of nitrogens with zero attached hydrogens (tertiary/aromatic N) is 3. The second-order valence-corrected chi connectivity index (χ2v) is 6.25. The highest BCUT2D eigenvalue weighted by Crippen LogP contribution is 2.16. The molecule has 7 heteroatoms. The van der Waals surface area contributed by atoms with Crippen LogP contribution in [0.5, 0.6) is 5.88 Å². The van der Waals surface area contributed by atoms with Crippen LogP contribution in [0.1, 0.15) is 6.42 Å². The van der Waals surface area contributed by atoms with E-state index in [0.29, 0.717) is 25.5 Å². The lowest BCUT2D eigenvalue weighted by Gasteiger charge is -2.32. The molecule has 0 bridgehead atoms. The minimum atomic E-state index is -0.265. The van der Waals surface area contributed by atoms with Gasteiger partial charge in [0.2, 0.25) is 11.8 Å². The maximum absolute atomic E-state index is 12.5. The number of hydrogen-bond acceptors (Lipinski definition) is 5. The molecule has 0 spiro atoms. The van der Waals surface area contributed by atoms with Gasteiger partial charge in [0.1, 0.15) is 12.6 Å². The van der Waals surface area contributed by atoms with Crippen LogP contribution < -0.4 is 10.1 Å². The van der Waals surface area contributed by atoms with Crippen molar-refractivity contribution in [1.82, 2.24) is 20.1 Å². The number of carbonyl (C=O) groups excluding carboxylic acids is 1. The molecule has 3 heterocycles. The van der Waals surface area contributed by atoms with Gasteiger partial charge in [0, 0.05) is 30.5 Å². The Kier molecular flexibility index (Phi) is 4.79. The van der Waals surface area contributed by atoms with Gasteiger partial charge in [0.05, 0.1) is 18.2 Å². The van der Waals surface area contributed by atoms with Gasteiger partial charge in [0.15, 0.2) is 0 Å². The maximum Gasteiger partial charge on any atom is 0.242 e. The molecular formula is C19H20N4O3. The molecule has 3 aromatic rings. The summed E-state index contributed by atoms with van der Waals surface area (Å²) in [6.07, 6.45) is 3.99. The minimum Gasteiger partial charge on any atom is -0.470 e. The van der Waals surface area contributed by atoms with Crippen molar-refractivity contribution in [2.24, 2.45) is 0 Å². The van der Waals surface area contributed by atoms with E-state index in [9.17, 15) is 4.79 Å². The van der Waals surface area contributed by atoms with Crippen molar-refractivity contribution in [3.63, 3.8) is 0 Å². The average Bonchev–Trinajstić information content (AvgIpc) is 3.06. The SMILES string of the molecule is O=C(Cn1cc2ccccc2n1)N[C@H]1CCOC[C@@H]1Oc1ccccn1. The zero-order valence-electron chi connectivity index (χ0n) is 14.2. The lowest BCUT2D eigenvalue weighted by atomic mass is 10.1. The number of pyridine rings is 1. The first kappa shape index (κ1) is 16.5. The number of benzene rings is 1. The first-order chi connectivity index (χ1) is 12.8. The number of fused-ring (bicyclic) bond motifs is 1. The highest BCUT2D eigenvalue weighted by atomic mass is 16.5. The van der Waals surface area contributed by atoms with E-state index < -0.39 is 0 Å². The summed E-state index contributed by atoms with van der Waals surface area (Å²) >= 11 is 0. The molecule has 7 nitrogen and oxygen atoms in total. The Morgan fingerprint density at radius 2 is 2.15 bits per heavy atom. The fourth-order valence-electron chi connectivity index (χ4n) is 3.06. The Balaban J connectivity index is 1.39. The van der Waals surface area contributed by atoms with Gasteiger partial charge in [-0.1, -0.05) is 24.3 Å². The van der Waals surface area contributed by atoms with Gasteiger partial charge in [-0.2, -0.15) is 5.10 Å². The lowest BCUT2D eigenvalue weighted by Crippen LogP contribution is -2.52. The molecule has 1 N–H and O–H groups in total. The molecule has 1 aliphatic rings. The van der Waals surface area contributed by atoms with Gasteiger partial charge in [-0.15, -0.1) is 0 Å². The first-order valence-electron chi connectivity index (χ1n) is 8.65. The number of hydrogen-bond donors (Lipinski definition) is 1. The smallest absolute Gasteiger partial charge is 0.242 e. The normalized spacial score (nSPS) is 20.0. The number of aromatic nitrogens is 3. The molecule has 0 aliphatic carbocycles. The molecular weight excluding hydrogens is 332 g/mol. The van der Waals surface area contributed by atoms with Crippen molar-refractivity contribution in [3.05, 3.63) is 54.9 Å². The monoisotopic (exact) mass is 352 g/mol. The lowest BCUT2D eigenvalue weighted by molar-refractivity contribution is -0.124. The zero-order valence-corrected chi connectivity index (χ0v) is 14.2. The van der Waals surface area contributed by atoms with E-state index in [1.54, 1.807) is 16.9 Å². The number of carbonyl (C=O) groups is 1. The van der Waals surface area contributed by atoms with Gasteiger partial charge < -0.3 is 14.8 Å².